The van der Waals surface area contributed by atoms with Crippen LogP contribution in [0.5, 0.6) is 5.75 Å². The Morgan fingerprint density at radius 3 is 2.68 bits per heavy atom. The number of benzene rings is 2. The van der Waals surface area contributed by atoms with Gasteiger partial charge in [0.05, 0.1) is 6.54 Å². The van der Waals surface area contributed by atoms with E-state index in [4.69, 9.17) is 9.15 Å². The highest BCUT2D eigenvalue weighted by atomic mass is 16.5. The zero-order valence-corrected chi connectivity index (χ0v) is 17.6. The topological polar surface area (TPSA) is 71.8 Å². The molecule has 4 rings (SSSR count). The van der Waals surface area contributed by atoms with Crippen LogP contribution in [0.25, 0.3) is 0 Å². The van der Waals surface area contributed by atoms with Gasteiger partial charge in [0.25, 0.3) is 5.91 Å². The fourth-order valence-electron chi connectivity index (χ4n) is 3.64. The maximum absolute atomic E-state index is 12.4. The average molecular weight is 418 g/mol. The van der Waals surface area contributed by atoms with Crippen molar-refractivity contribution in [2.75, 3.05) is 13.2 Å². The number of aryl methyl sites for hydroxylation is 1. The minimum Gasteiger partial charge on any atom is -0.477 e. The number of nitrogens with zero attached hydrogens (tertiary/aromatic N) is 1. The Bertz CT molecular complexity index is 1110. The van der Waals surface area contributed by atoms with E-state index >= 15 is 0 Å². The lowest BCUT2D eigenvalue weighted by Crippen LogP contribution is -2.30. The van der Waals surface area contributed by atoms with E-state index in [-0.39, 0.29) is 23.7 Å². The molecular formula is C25H26N2O4. The molecule has 0 fully saturated rings. The molecule has 1 aliphatic heterocycles. The third kappa shape index (κ3) is 5.61. The molecule has 31 heavy (non-hydrogen) atoms. The van der Waals surface area contributed by atoms with E-state index in [9.17, 15) is 9.59 Å². The SMILES string of the molecule is Cc1ccc(CNC(=O)COc2coc(CN3CCc4ccccc4C3)cc2=O)cc1. The van der Waals surface area contributed by atoms with E-state index in [1.54, 1.807) is 0 Å². The minimum atomic E-state index is -0.295. The number of fused-ring (bicyclic) bond motifs is 1. The average Bonchev–Trinajstić information content (AvgIpc) is 2.78. The Labute approximate surface area is 181 Å². The zero-order chi connectivity index (χ0) is 21.6. The Kier molecular flexibility index (Phi) is 6.48. The van der Waals surface area contributed by atoms with E-state index in [1.807, 2.05) is 37.3 Å². The first-order valence-electron chi connectivity index (χ1n) is 10.4. The lowest BCUT2D eigenvalue weighted by Gasteiger charge is -2.28. The summed E-state index contributed by atoms with van der Waals surface area (Å²) in [5.74, 6) is 0.329. The summed E-state index contributed by atoms with van der Waals surface area (Å²) in [6, 6.07) is 17.8. The van der Waals surface area contributed by atoms with E-state index in [0.29, 0.717) is 18.8 Å². The summed E-state index contributed by atoms with van der Waals surface area (Å²) in [4.78, 5) is 26.6. The van der Waals surface area contributed by atoms with Crippen LogP contribution < -0.4 is 15.5 Å². The number of ether oxygens (including phenoxy) is 1. The van der Waals surface area contributed by atoms with Crippen LogP contribution in [0.4, 0.5) is 0 Å². The van der Waals surface area contributed by atoms with Crippen LogP contribution in [0, 0.1) is 6.92 Å². The van der Waals surface area contributed by atoms with Crippen molar-refractivity contribution in [1.29, 1.82) is 0 Å². The Morgan fingerprint density at radius 1 is 1.13 bits per heavy atom. The summed E-state index contributed by atoms with van der Waals surface area (Å²) < 4.78 is 11.0. The summed E-state index contributed by atoms with van der Waals surface area (Å²) in [5.41, 5.74) is 4.57. The number of rotatable bonds is 7. The summed E-state index contributed by atoms with van der Waals surface area (Å²) in [7, 11) is 0. The predicted octanol–water partition coefficient (Wildman–Crippen LogP) is 3.20. The lowest BCUT2D eigenvalue weighted by molar-refractivity contribution is -0.123. The van der Waals surface area contributed by atoms with Crippen molar-refractivity contribution in [1.82, 2.24) is 10.2 Å². The van der Waals surface area contributed by atoms with Gasteiger partial charge in [0, 0.05) is 25.7 Å². The maximum atomic E-state index is 12.4. The molecule has 0 radical (unpaired) electrons. The van der Waals surface area contributed by atoms with Crippen molar-refractivity contribution < 1.29 is 13.9 Å². The van der Waals surface area contributed by atoms with E-state index in [2.05, 4.69) is 28.4 Å². The van der Waals surface area contributed by atoms with Crippen LogP contribution >= 0.6 is 0 Å². The second-order valence-electron chi connectivity index (χ2n) is 7.86. The lowest BCUT2D eigenvalue weighted by atomic mass is 10.00. The van der Waals surface area contributed by atoms with Gasteiger partial charge in [-0.1, -0.05) is 54.1 Å². The molecule has 0 unspecified atom stereocenters. The molecular weight excluding hydrogens is 392 g/mol. The molecule has 0 bridgehead atoms. The number of amides is 1. The van der Waals surface area contributed by atoms with Crippen LogP contribution in [0.3, 0.4) is 0 Å². The van der Waals surface area contributed by atoms with Crippen molar-refractivity contribution in [3.05, 3.63) is 99.1 Å². The second kappa shape index (κ2) is 9.62. The number of nitrogens with one attached hydrogen (secondary N) is 1. The summed E-state index contributed by atoms with van der Waals surface area (Å²) in [5, 5.41) is 2.78. The van der Waals surface area contributed by atoms with Gasteiger partial charge in [-0.2, -0.15) is 0 Å². The molecule has 6 nitrogen and oxygen atoms in total. The number of hydrogen-bond acceptors (Lipinski definition) is 5. The molecule has 1 N–H and O–H groups in total. The zero-order valence-electron chi connectivity index (χ0n) is 17.6. The van der Waals surface area contributed by atoms with Crippen LogP contribution in [0.15, 0.2) is 70.1 Å². The van der Waals surface area contributed by atoms with Crippen molar-refractivity contribution in [2.45, 2.75) is 33.0 Å². The van der Waals surface area contributed by atoms with Crippen molar-refractivity contribution >= 4 is 5.91 Å². The molecule has 1 aliphatic rings. The minimum absolute atomic E-state index is 0.0400. The molecule has 0 saturated carbocycles. The number of hydrogen-bond donors (Lipinski definition) is 1. The third-order valence-electron chi connectivity index (χ3n) is 5.41. The molecule has 0 saturated heterocycles. The van der Waals surface area contributed by atoms with Crippen LogP contribution in [0.2, 0.25) is 0 Å². The van der Waals surface area contributed by atoms with Gasteiger partial charge in [0.15, 0.2) is 6.61 Å². The van der Waals surface area contributed by atoms with Crippen molar-refractivity contribution in [3.8, 4) is 5.75 Å². The largest absolute Gasteiger partial charge is 0.477 e. The first kappa shape index (κ1) is 20.9. The highest BCUT2D eigenvalue weighted by molar-refractivity contribution is 5.77. The summed E-state index contributed by atoms with van der Waals surface area (Å²) in [6.07, 6.45) is 2.28. The Balaban J connectivity index is 1.27. The van der Waals surface area contributed by atoms with E-state index in [0.717, 1.165) is 25.1 Å². The molecule has 0 atom stereocenters. The third-order valence-corrected chi connectivity index (χ3v) is 5.41. The van der Waals surface area contributed by atoms with Gasteiger partial charge in [0.2, 0.25) is 11.2 Å². The smallest absolute Gasteiger partial charge is 0.258 e. The van der Waals surface area contributed by atoms with Gasteiger partial charge in [-0.25, -0.2) is 0 Å². The van der Waals surface area contributed by atoms with Crippen LogP contribution in [-0.4, -0.2) is 24.0 Å². The first-order chi connectivity index (χ1) is 15.1. The molecule has 1 aromatic heterocycles. The second-order valence-corrected chi connectivity index (χ2v) is 7.86. The molecule has 2 heterocycles. The van der Waals surface area contributed by atoms with Gasteiger partial charge in [0.1, 0.15) is 12.0 Å². The Morgan fingerprint density at radius 2 is 1.90 bits per heavy atom. The van der Waals surface area contributed by atoms with Crippen LogP contribution in [-0.2, 0) is 30.8 Å². The Hall–Kier alpha value is -3.38. The molecule has 160 valence electrons. The summed E-state index contributed by atoms with van der Waals surface area (Å²) in [6.45, 7) is 4.49. The highest BCUT2D eigenvalue weighted by Crippen LogP contribution is 2.20. The van der Waals surface area contributed by atoms with Gasteiger partial charge in [-0.15, -0.1) is 0 Å². The van der Waals surface area contributed by atoms with E-state index in [1.165, 1.54) is 29.0 Å². The monoisotopic (exact) mass is 418 g/mol. The van der Waals surface area contributed by atoms with Gasteiger partial charge >= 0.3 is 0 Å². The fourth-order valence-corrected chi connectivity index (χ4v) is 3.64. The van der Waals surface area contributed by atoms with Gasteiger partial charge < -0.3 is 14.5 Å². The van der Waals surface area contributed by atoms with Crippen molar-refractivity contribution in [2.24, 2.45) is 0 Å². The summed E-state index contributed by atoms with van der Waals surface area (Å²) >= 11 is 0. The maximum Gasteiger partial charge on any atom is 0.258 e. The molecule has 2 aromatic carbocycles. The number of carbonyl (C=O) groups excluding carboxylic acids is 1. The predicted molar refractivity (Wildman–Crippen MR) is 118 cm³/mol. The van der Waals surface area contributed by atoms with Crippen LogP contribution in [0.1, 0.15) is 28.0 Å². The highest BCUT2D eigenvalue weighted by Gasteiger charge is 2.17. The molecule has 0 spiro atoms. The van der Waals surface area contributed by atoms with E-state index < -0.39 is 0 Å². The molecule has 3 aromatic rings. The van der Waals surface area contributed by atoms with Crippen molar-refractivity contribution in [3.63, 3.8) is 0 Å². The fraction of sp³-hybridized carbons (Fsp3) is 0.280. The number of carbonyl (C=O) groups is 1. The molecule has 6 heteroatoms. The van der Waals surface area contributed by atoms with Gasteiger partial charge in [-0.05, 0) is 30.0 Å². The first-order valence-corrected chi connectivity index (χ1v) is 10.4. The molecule has 1 amide bonds. The van der Waals surface area contributed by atoms with Gasteiger partial charge in [-0.3, -0.25) is 14.5 Å². The normalized spacial score (nSPS) is 13.5. The quantitative estimate of drug-likeness (QED) is 0.638. The standard InChI is InChI=1S/C25H26N2O4/c1-18-6-8-19(9-7-18)13-26-25(29)17-31-24-16-30-22(12-23(24)28)15-27-11-10-20-4-2-3-5-21(20)14-27/h2-9,12,16H,10-11,13-15,17H2,1H3,(H,26,29). The molecule has 0 aliphatic carbocycles.